The molecule has 0 unspecified atom stereocenters. The summed E-state index contributed by atoms with van der Waals surface area (Å²) in [5.74, 6) is 0.281. The topological polar surface area (TPSA) is 88.6 Å². The lowest BCUT2D eigenvalue weighted by Crippen LogP contribution is -2.32. The van der Waals surface area contributed by atoms with Crippen LogP contribution in [-0.4, -0.2) is 43.8 Å². The average molecular weight is 448 g/mol. The van der Waals surface area contributed by atoms with Gasteiger partial charge in [-0.2, -0.15) is 4.31 Å². The van der Waals surface area contributed by atoms with E-state index in [9.17, 15) is 13.2 Å². The van der Waals surface area contributed by atoms with Crippen molar-refractivity contribution in [2.75, 3.05) is 25.5 Å². The van der Waals surface area contributed by atoms with Crippen LogP contribution in [0.3, 0.4) is 0 Å². The Morgan fingerprint density at radius 2 is 1.87 bits per heavy atom. The molecule has 3 rings (SSSR count). The summed E-state index contributed by atoms with van der Waals surface area (Å²) in [6.45, 7) is 4.89. The third kappa shape index (κ3) is 4.80. The number of aromatic nitrogens is 1. The summed E-state index contributed by atoms with van der Waals surface area (Å²) in [7, 11) is -2.03. The maximum absolute atomic E-state index is 13.0. The van der Waals surface area contributed by atoms with Gasteiger partial charge in [-0.05, 0) is 49.2 Å². The molecular weight excluding hydrogens is 422 g/mol. The van der Waals surface area contributed by atoms with Crippen LogP contribution in [-0.2, 0) is 10.0 Å². The summed E-state index contributed by atoms with van der Waals surface area (Å²) in [5.41, 5.74) is 1.09. The minimum atomic E-state index is -3.57. The molecule has 7 nitrogen and oxygen atoms in total. The summed E-state index contributed by atoms with van der Waals surface area (Å²) in [5, 5.41) is 3.18. The van der Waals surface area contributed by atoms with Crippen molar-refractivity contribution in [1.82, 2.24) is 9.29 Å². The van der Waals surface area contributed by atoms with E-state index in [-0.39, 0.29) is 10.8 Å². The number of nitrogens with zero attached hydrogens (tertiary/aromatic N) is 2. The van der Waals surface area contributed by atoms with Crippen molar-refractivity contribution >= 4 is 42.6 Å². The number of carbonyl (C=O) groups excluding carboxylic acids is 1. The Kier molecular flexibility index (Phi) is 7.06. The highest BCUT2D eigenvalue weighted by Crippen LogP contribution is 2.30. The normalized spacial score (nSPS) is 11.7. The van der Waals surface area contributed by atoms with Crippen LogP contribution in [0.2, 0.25) is 0 Å². The first-order chi connectivity index (χ1) is 14.4. The van der Waals surface area contributed by atoms with Gasteiger partial charge in [-0.15, -0.1) is 0 Å². The summed E-state index contributed by atoms with van der Waals surface area (Å²) in [6.07, 6.45) is 1.50. The van der Waals surface area contributed by atoms with Crippen LogP contribution in [0.1, 0.15) is 37.0 Å². The number of nitrogens with one attached hydrogen (secondary N) is 1. The Morgan fingerprint density at radius 1 is 1.13 bits per heavy atom. The first-order valence-corrected chi connectivity index (χ1v) is 12.0. The molecule has 160 valence electrons. The zero-order valence-electron chi connectivity index (χ0n) is 17.2. The van der Waals surface area contributed by atoms with Gasteiger partial charge < -0.3 is 4.74 Å². The number of methoxy groups -OCH3 is 1. The Labute approximate surface area is 180 Å². The predicted molar refractivity (Wildman–Crippen MR) is 120 cm³/mol. The van der Waals surface area contributed by atoms with E-state index >= 15 is 0 Å². The predicted octanol–water partition coefficient (Wildman–Crippen LogP) is 4.37. The van der Waals surface area contributed by atoms with Crippen LogP contribution in [0.4, 0.5) is 5.13 Å². The third-order valence-corrected chi connectivity index (χ3v) is 7.32. The highest BCUT2D eigenvalue weighted by Gasteiger charge is 2.24. The number of sulfonamides is 1. The molecule has 0 spiro atoms. The molecule has 2 aromatic carbocycles. The molecule has 1 heterocycles. The van der Waals surface area contributed by atoms with Crippen LogP contribution in [0, 0.1) is 0 Å². The molecular formula is C21H25N3O4S2. The van der Waals surface area contributed by atoms with E-state index in [0.717, 1.165) is 12.8 Å². The minimum Gasteiger partial charge on any atom is -0.497 e. The number of hydrogen-bond acceptors (Lipinski definition) is 6. The molecule has 0 radical (unpaired) electrons. The van der Waals surface area contributed by atoms with Crippen LogP contribution >= 0.6 is 11.3 Å². The van der Waals surface area contributed by atoms with Gasteiger partial charge in [0.2, 0.25) is 10.0 Å². The van der Waals surface area contributed by atoms with Crippen LogP contribution in [0.15, 0.2) is 47.4 Å². The van der Waals surface area contributed by atoms with Gasteiger partial charge in [-0.25, -0.2) is 13.4 Å². The van der Waals surface area contributed by atoms with Crippen molar-refractivity contribution in [3.05, 3.63) is 48.0 Å². The fourth-order valence-corrected chi connectivity index (χ4v) is 5.68. The van der Waals surface area contributed by atoms with Crippen molar-refractivity contribution < 1.29 is 17.9 Å². The van der Waals surface area contributed by atoms with Crippen molar-refractivity contribution in [1.29, 1.82) is 0 Å². The number of fused-ring (bicyclic) bond motifs is 1. The number of ether oxygens (including phenoxy) is 1. The zero-order chi connectivity index (χ0) is 21.7. The van der Waals surface area contributed by atoms with Crippen LogP contribution in [0.25, 0.3) is 10.2 Å². The molecule has 0 aliphatic carbocycles. The highest BCUT2D eigenvalue weighted by molar-refractivity contribution is 7.89. The maximum atomic E-state index is 13.0. The molecule has 9 heteroatoms. The number of anilines is 1. The molecule has 0 saturated heterocycles. The molecule has 30 heavy (non-hydrogen) atoms. The van der Waals surface area contributed by atoms with Crippen LogP contribution in [0.5, 0.6) is 5.75 Å². The number of rotatable bonds is 9. The maximum Gasteiger partial charge on any atom is 0.257 e. The Bertz CT molecular complexity index is 1140. The van der Waals surface area contributed by atoms with E-state index in [4.69, 9.17) is 4.74 Å². The van der Waals surface area contributed by atoms with Gasteiger partial charge in [-0.1, -0.05) is 31.3 Å². The van der Waals surface area contributed by atoms with Crippen LogP contribution < -0.4 is 10.1 Å². The van der Waals surface area contributed by atoms with Crippen molar-refractivity contribution in [2.24, 2.45) is 0 Å². The molecule has 0 fully saturated rings. The fraction of sp³-hybridized carbons (Fsp3) is 0.333. The van der Waals surface area contributed by atoms with Gasteiger partial charge in [0.05, 0.1) is 22.2 Å². The zero-order valence-corrected chi connectivity index (χ0v) is 18.8. The van der Waals surface area contributed by atoms with E-state index in [2.05, 4.69) is 10.3 Å². The standard InChI is InChI=1S/C21H25N3O4S2/c1-4-11-24(12-5-2)30(26,27)17-9-10-18-19(14-17)29-21(22-18)23-20(25)15-7-6-8-16(13-15)28-3/h6-10,13-14H,4-5,11-12H2,1-3H3,(H,22,23,25). The summed E-state index contributed by atoms with van der Waals surface area (Å²) < 4.78 is 33.4. The van der Waals surface area contributed by atoms with Gasteiger partial charge in [0, 0.05) is 18.7 Å². The van der Waals surface area contributed by atoms with Gasteiger partial charge in [0.1, 0.15) is 5.75 Å². The monoisotopic (exact) mass is 447 g/mol. The average Bonchev–Trinajstić information content (AvgIpc) is 3.15. The van der Waals surface area contributed by atoms with Crippen molar-refractivity contribution in [3.8, 4) is 5.75 Å². The molecule has 0 bridgehead atoms. The lowest BCUT2D eigenvalue weighted by atomic mass is 10.2. The number of hydrogen-bond donors (Lipinski definition) is 1. The molecule has 1 aromatic heterocycles. The van der Waals surface area contributed by atoms with E-state index in [1.807, 2.05) is 13.8 Å². The van der Waals surface area contributed by atoms with E-state index < -0.39 is 10.0 Å². The minimum absolute atomic E-state index is 0.242. The van der Waals surface area contributed by atoms with Gasteiger partial charge in [0.25, 0.3) is 5.91 Å². The smallest absolute Gasteiger partial charge is 0.257 e. The third-order valence-electron chi connectivity index (χ3n) is 4.50. The number of carbonyl (C=O) groups is 1. The van der Waals surface area contributed by atoms with Gasteiger partial charge in [-0.3, -0.25) is 10.1 Å². The molecule has 0 aliphatic heterocycles. The Hall–Kier alpha value is -2.49. The molecule has 0 aliphatic rings. The lowest BCUT2D eigenvalue weighted by molar-refractivity contribution is 0.102. The SMILES string of the molecule is CCCN(CCC)S(=O)(=O)c1ccc2nc(NC(=O)c3cccc(OC)c3)sc2c1. The second-order valence-corrected chi connectivity index (χ2v) is 9.71. The number of thiazole rings is 1. The second kappa shape index (κ2) is 9.55. The van der Waals surface area contributed by atoms with Gasteiger partial charge in [0.15, 0.2) is 5.13 Å². The summed E-state index contributed by atoms with van der Waals surface area (Å²) >= 11 is 1.24. The Balaban J connectivity index is 1.86. The molecule has 3 aromatic rings. The van der Waals surface area contributed by atoms with Gasteiger partial charge >= 0.3 is 0 Å². The second-order valence-electron chi connectivity index (χ2n) is 6.74. The quantitative estimate of drug-likeness (QED) is 0.526. The molecule has 0 saturated carbocycles. The lowest BCUT2D eigenvalue weighted by Gasteiger charge is -2.20. The number of amides is 1. The molecule has 0 atom stereocenters. The largest absolute Gasteiger partial charge is 0.497 e. The summed E-state index contributed by atoms with van der Waals surface area (Å²) in [6, 6.07) is 11.7. The number of benzene rings is 2. The van der Waals surface area contributed by atoms with E-state index in [1.54, 1.807) is 49.6 Å². The van der Waals surface area contributed by atoms with Crippen molar-refractivity contribution in [2.45, 2.75) is 31.6 Å². The van der Waals surface area contributed by atoms with E-state index in [0.29, 0.717) is 39.8 Å². The summed E-state index contributed by atoms with van der Waals surface area (Å²) in [4.78, 5) is 17.2. The molecule has 1 amide bonds. The fourth-order valence-electron chi connectivity index (χ4n) is 3.05. The van der Waals surface area contributed by atoms with Crippen molar-refractivity contribution in [3.63, 3.8) is 0 Å². The first kappa shape index (κ1) is 22.2. The Morgan fingerprint density at radius 3 is 2.53 bits per heavy atom. The molecule has 1 N–H and O–H groups in total. The first-order valence-electron chi connectivity index (χ1n) is 9.75. The highest BCUT2D eigenvalue weighted by atomic mass is 32.2. The van der Waals surface area contributed by atoms with E-state index in [1.165, 1.54) is 15.6 Å².